The van der Waals surface area contributed by atoms with E-state index >= 15 is 0 Å². The lowest BCUT2D eigenvalue weighted by Gasteiger charge is -2.09. The van der Waals surface area contributed by atoms with Gasteiger partial charge in [-0.1, -0.05) is 42.8 Å². The third-order valence-electron chi connectivity index (χ3n) is 3.50. The highest BCUT2D eigenvalue weighted by Crippen LogP contribution is 2.29. The topological polar surface area (TPSA) is 35.0 Å². The van der Waals surface area contributed by atoms with Crippen LogP contribution in [-0.2, 0) is 6.42 Å². The van der Waals surface area contributed by atoms with Crippen LogP contribution in [0.1, 0.15) is 12.5 Å². The van der Waals surface area contributed by atoms with Crippen molar-refractivity contribution >= 4 is 22.5 Å². The first-order valence-electron chi connectivity index (χ1n) is 6.82. The molecule has 0 atom stereocenters. The van der Waals surface area contributed by atoms with Crippen LogP contribution in [0.3, 0.4) is 0 Å². The fourth-order valence-corrected chi connectivity index (χ4v) is 2.60. The van der Waals surface area contributed by atoms with Crippen LogP contribution < -0.4 is 4.74 Å². The second-order valence-corrected chi connectivity index (χ2v) is 5.09. The minimum atomic E-state index is 0.462. The Hall–Kier alpha value is -2.13. The van der Waals surface area contributed by atoms with Crippen molar-refractivity contribution in [2.75, 3.05) is 7.11 Å². The molecule has 3 aromatic rings. The number of hydrogen-bond acceptors (Lipinski definition) is 3. The van der Waals surface area contributed by atoms with Crippen LogP contribution in [0.4, 0.5) is 0 Å². The van der Waals surface area contributed by atoms with Crippen LogP contribution >= 0.6 is 11.6 Å². The van der Waals surface area contributed by atoms with Gasteiger partial charge in [0.15, 0.2) is 5.82 Å². The van der Waals surface area contributed by atoms with Crippen molar-refractivity contribution in [3.8, 4) is 17.1 Å². The van der Waals surface area contributed by atoms with Gasteiger partial charge in [-0.15, -0.1) is 0 Å². The van der Waals surface area contributed by atoms with Crippen molar-refractivity contribution in [3.05, 3.63) is 53.2 Å². The summed E-state index contributed by atoms with van der Waals surface area (Å²) in [5, 5.41) is 1.29. The van der Waals surface area contributed by atoms with Crippen LogP contribution in [0.15, 0.2) is 42.5 Å². The first kappa shape index (κ1) is 13.8. The zero-order valence-corrected chi connectivity index (χ0v) is 12.7. The number of halogens is 1. The number of hydrogen-bond donors (Lipinski definition) is 0. The number of methoxy groups -OCH3 is 1. The van der Waals surface area contributed by atoms with Crippen LogP contribution in [0.2, 0.25) is 5.15 Å². The minimum Gasteiger partial charge on any atom is -0.497 e. The molecule has 1 heterocycles. The molecule has 0 saturated carbocycles. The molecule has 0 aliphatic heterocycles. The summed E-state index contributed by atoms with van der Waals surface area (Å²) in [6, 6.07) is 13.7. The van der Waals surface area contributed by atoms with Crippen LogP contribution in [0.5, 0.6) is 5.75 Å². The molecule has 0 spiro atoms. The zero-order chi connectivity index (χ0) is 14.8. The van der Waals surface area contributed by atoms with Gasteiger partial charge in [0.1, 0.15) is 10.9 Å². The van der Waals surface area contributed by atoms with Crippen molar-refractivity contribution in [1.82, 2.24) is 9.97 Å². The van der Waals surface area contributed by atoms with E-state index in [2.05, 4.69) is 23.0 Å². The normalized spacial score (nSPS) is 10.8. The Morgan fingerprint density at radius 2 is 1.90 bits per heavy atom. The van der Waals surface area contributed by atoms with Crippen LogP contribution in [-0.4, -0.2) is 17.1 Å². The molecular weight excluding hydrogens is 284 g/mol. The Balaban J connectivity index is 2.24. The number of fused-ring (bicyclic) bond motifs is 1. The quantitative estimate of drug-likeness (QED) is 0.667. The Bertz CT molecular complexity index is 802. The van der Waals surface area contributed by atoms with Gasteiger partial charge in [0.05, 0.1) is 12.6 Å². The predicted molar refractivity (Wildman–Crippen MR) is 85.9 cm³/mol. The third-order valence-corrected chi connectivity index (χ3v) is 3.78. The first-order chi connectivity index (χ1) is 10.2. The molecule has 0 bridgehead atoms. The lowest BCUT2D eigenvalue weighted by atomic mass is 10.0. The molecule has 0 N–H and O–H groups in total. The van der Waals surface area contributed by atoms with E-state index in [0.717, 1.165) is 28.6 Å². The molecule has 0 saturated heterocycles. The molecule has 0 aliphatic carbocycles. The van der Waals surface area contributed by atoms with Gasteiger partial charge < -0.3 is 4.74 Å². The van der Waals surface area contributed by atoms with E-state index in [1.807, 2.05) is 36.4 Å². The van der Waals surface area contributed by atoms with Crippen molar-refractivity contribution < 1.29 is 4.74 Å². The van der Waals surface area contributed by atoms with Gasteiger partial charge in [-0.05, 0) is 24.1 Å². The Morgan fingerprint density at radius 3 is 2.67 bits per heavy atom. The Morgan fingerprint density at radius 1 is 1.10 bits per heavy atom. The van der Waals surface area contributed by atoms with Gasteiger partial charge in [0, 0.05) is 17.0 Å². The molecule has 0 amide bonds. The van der Waals surface area contributed by atoms with Crippen LogP contribution in [0.25, 0.3) is 22.3 Å². The van der Waals surface area contributed by atoms with E-state index in [1.54, 1.807) is 7.11 Å². The molecule has 2 aromatic carbocycles. The summed E-state index contributed by atoms with van der Waals surface area (Å²) in [6.45, 7) is 2.12. The lowest BCUT2D eigenvalue weighted by Crippen LogP contribution is -1.95. The van der Waals surface area contributed by atoms with Crippen molar-refractivity contribution in [1.29, 1.82) is 0 Å². The van der Waals surface area contributed by atoms with E-state index in [-0.39, 0.29) is 0 Å². The summed E-state index contributed by atoms with van der Waals surface area (Å²) in [6.07, 6.45) is 0.924. The molecule has 3 nitrogen and oxygen atoms in total. The second kappa shape index (κ2) is 5.70. The molecule has 0 radical (unpaired) electrons. The molecule has 21 heavy (non-hydrogen) atoms. The largest absolute Gasteiger partial charge is 0.497 e. The van der Waals surface area contributed by atoms with Gasteiger partial charge in [-0.3, -0.25) is 0 Å². The smallest absolute Gasteiger partial charge is 0.161 e. The summed E-state index contributed by atoms with van der Waals surface area (Å²) in [4.78, 5) is 9.10. The summed E-state index contributed by atoms with van der Waals surface area (Å²) in [5.74, 6) is 1.41. The molecule has 1 aromatic heterocycles. The van der Waals surface area contributed by atoms with Gasteiger partial charge in [-0.25, -0.2) is 9.97 Å². The average Bonchev–Trinajstić information content (AvgIpc) is 2.54. The summed E-state index contributed by atoms with van der Waals surface area (Å²) in [7, 11) is 1.64. The highest BCUT2D eigenvalue weighted by molar-refractivity contribution is 6.34. The van der Waals surface area contributed by atoms with E-state index in [1.165, 1.54) is 5.56 Å². The van der Waals surface area contributed by atoms with Crippen LogP contribution in [0, 0.1) is 0 Å². The maximum Gasteiger partial charge on any atom is 0.161 e. The lowest BCUT2D eigenvalue weighted by molar-refractivity contribution is 0.415. The number of aromatic nitrogens is 2. The predicted octanol–water partition coefficient (Wildman–Crippen LogP) is 4.52. The van der Waals surface area contributed by atoms with E-state index in [9.17, 15) is 0 Å². The standard InChI is InChI=1S/C17H15ClN2O/c1-3-11-6-4-5-7-13(11)17-19-15-10-12(21-2)8-9-14(15)16(18)20-17/h4-10H,3H2,1-2H3. The average molecular weight is 299 g/mol. The molecular formula is C17H15ClN2O. The summed E-state index contributed by atoms with van der Waals surface area (Å²) in [5.41, 5.74) is 3.01. The Labute approximate surface area is 128 Å². The van der Waals surface area contributed by atoms with Crippen molar-refractivity contribution in [2.45, 2.75) is 13.3 Å². The molecule has 106 valence electrons. The molecule has 3 rings (SSSR count). The maximum atomic E-state index is 6.31. The SMILES string of the molecule is CCc1ccccc1-c1nc(Cl)c2ccc(OC)cc2n1. The Kier molecular flexibility index (Phi) is 3.76. The summed E-state index contributed by atoms with van der Waals surface area (Å²) >= 11 is 6.31. The maximum absolute atomic E-state index is 6.31. The second-order valence-electron chi connectivity index (χ2n) is 4.73. The third kappa shape index (κ3) is 2.57. The first-order valence-corrected chi connectivity index (χ1v) is 7.20. The molecule has 0 aliphatic rings. The van der Waals surface area contributed by atoms with Crippen molar-refractivity contribution in [2.24, 2.45) is 0 Å². The van der Waals surface area contributed by atoms with E-state index < -0.39 is 0 Å². The number of rotatable bonds is 3. The number of nitrogens with zero attached hydrogens (tertiary/aromatic N) is 2. The number of ether oxygens (including phenoxy) is 1. The number of aryl methyl sites for hydroxylation is 1. The van der Waals surface area contributed by atoms with E-state index in [0.29, 0.717) is 11.0 Å². The molecule has 0 unspecified atom stereocenters. The van der Waals surface area contributed by atoms with Gasteiger partial charge in [0.25, 0.3) is 0 Å². The van der Waals surface area contributed by atoms with Crippen molar-refractivity contribution in [3.63, 3.8) is 0 Å². The summed E-state index contributed by atoms with van der Waals surface area (Å²) < 4.78 is 5.25. The number of benzene rings is 2. The fourth-order valence-electron chi connectivity index (χ4n) is 2.36. The fraction of sp³-hybridized carbons (Fsp3) is 0.176. The van der Waals surface area contributed by atoms with E-state index in [4.69, 9.17) is 16.3 Å². The van der Waals surface area contributed by atoms with Gasteiger partial charge in [-0.2, -0.15) is 0 Å². The van der Waals surface area contributed by atoms with Gasteiger partial charge in [0.2, 0.25) is 0 Å². The highest BCUT2D eigenvalue weighted by Gasteiger charge is 2.11. The monoisotopic (exact) mass is 298 g/mol. The molecule has 4 heteroatoms. The highest BCUT2D eigenvalue weighted by atomic mass is 35.5. The zero-order valence-electron chi connectivity index (χ0n) is 11.9. The minimum absolute atomic E-state index is 0.462. The molecule has 0 fully saturated rings. The van der Waals surface area contributed by atoms with Gasteiger partial charge >= 0.3 is 0 Å².